The van der Waals surface area contributed by atoms with Crippen LogP contribution in [0.25, 0.3) is 0 Å². The molecular weight excluding hydrogens is 258 g/mol. The maximum atomic E-state index is 12.0. The van der Waals surface area contributed by atoms with Crippen molar-refractivity contribution in [3.63, 3.8) is 0 Å². The first-order valence-electron chi connectivity index (χ1n) is 5.73. The van der Waals surface area contributed by atoms with Crippen molar-refractivity contribution in [3.05, 3.63) is 23.7 Å². The fourth-order valence-corrected chi connectivity index (χ4v) is 1.90. The van der Waals surface area contributed by atoms with Gasteiger partial charge in [0.1, 0.15) is 11.5 Å². The molecule has 0 saturated heterocycles. The van der Waals surface area contributed by atoms with Crippen molar-refractivity contribution in [1.29, 1.82) is 5.26 Å². The minimum atomic E-state index is -2.38. The van der Waals surface area contributed by atoms with E-state index < -0.39 is 5.76 Å². The largest absolute Gasteiger partial charge is 0.464 e. The van der Waals surface area contributed by atoms with Crippen LogP contribution in [0.2, 0.25) is 0 Å². The van der Waals surface area contributed by atoms with Gasteiger partial charge in [-0.15, -0.1) is 0 Å². The monoisotopic (exact) mass is 274 g/mol. The van der Waals surface area contributed by atoms with Crippen LogP contribution in [0.4, 0.5) is 8.78 Å². The van der Waals surface area contributed by atoms with Crippen LogP contribution in [0.5, 0.6) is 0 Å². The first kappa shape index (κ1) is 15.0. The van der Waals surface area contributed by atoms with Crippen molar-refractivity contribution in [3.8, 4) is 6.07 Å². The second kappa shape index (κ2) is 8.11. The first-order chi connectivity index (χ1) is 8.65. The molecule has 1 aromatic heterocycles. The first-order valence-corrected chi connectivity index (χ1v) is 6.78. The third-order valence-electron chi connectivity index (χ3n) is 2.46. The third-order valence-corrected chi connectivity index (χ3v) is 3.17. The van der Waals surface area contributed by atoms with E-state index in [-0.39, 0.29) is 11.8 Å². The van der Waals surface area contributed by atoms with Gasteiger partial charge in [-0.05, 0) is 18.6 Å². The highest BCUT2D eigenvalue weighted by atomic mass is 32.2. The quantitative estimate of drug-likeness (QED) is 0.788. The Morgan fingerprint density at radius 2 is 2.17 bits per heavy atom. The van der Waals surface area contributed by atoms with Crippen LogP contribution in [0, 0.1) is 11.3 Å². The van der Waals surface area contributed by atoms with Crippen molar-refractivity contribution in [2.75, 3.05) is 0 Å². The van der Waals surface area contributed by atoms with Gasteiger partial charge in [-0.2, -0.15) is 14.0 Å². The van der Waals surface area contributed by atoms with E-state index in [0.29, 0.717) is 36.2 Å². The normalized spacial score (nSPS) is 12.6. The topological polar surface area (TPSA) is 49.0 Å². The van der Waals surface area contributed by atoms with Gasteiger partial charge in [0, 0.05) is 6.04 Å². The highest BCUT2D eigenvalue weighted by Crippen LogP contribution is 2.21. The molecule has 1 unspecified atom stereocenters. The number of halogens is 2. The lowest BCUT2D eigenvalue weighted by atomic mass is 10.1. The van der Waals surface area contributed by atoms with Gasteiger partial charge in [-0.1, -0.05) is 18.7 Å². The van der Waals surface area contributed by atoms with Gasteiger partial charge < -0.3 is 9.73 Å². The number of hydrogen-bond acceptors (Lipinski definition) is 4. The number of nitrogens with zero attached hydrogens (tertiary/aromatic N) is 1. The van der Waals surface area contributed by atoms with E-state index in [1.165, 1.54) is 0 Å². The Morgan fingerprint density at radius 3 is 2.78 bits per heavy atom. The van der Waals surface area contributed by atoms with E-state index in [0.717, 1.165) is 6.42 Å². The minimum absolute atomic E-state index is 0.138. The van der Waals surface area contributed by atoms with Crippen molar-refractivity contribution in [2.24, 2.45) is 0 Å². The molecule has 0 amide bonds. The molecule has 1 heterocycles. The molecule has 0 fully saturated rings. The van der Waals surface area contributed by atoms with Gasteiger partial charge in [-0.25, -0.2) is 0 Å². The highest BCUT2D eigenvalue weighted by molar-refractivity contribution is 7.98. The summed E-state index contributed by atoms with van der Waals surface area (Å²) in [5.41, 5.74) is 0. The number of rotatable bonds is 8. The fraction of sp³-hybridized carbons (Fsp3) is 0.583. The smallest absolute Gasteiger partial charge is 0.284 e. The molecule has 0 spiro atoms. The van der Waals surface area contributed by atoms with Crippen molar-refractivity contribution in [1.82, 2.24) is 5.32 Å². The number of thioether (sulfide) groups is 1. The molecule has 0 aromatic carbocycles. The summed E-state index contributed by atoms with van der Waals surface area (Å²) in [6.45, 7) is 2.52. The zero-order valence-electron chi connectivity index (χ0n) is 10.2. The second-order valence-electron chi connectivity index (χ2n) is 3.79. The van der Waals surface area contributed by atoms with Crippen molar-refractivity contribution < 1.29 is 13.2 Å². The second-order valence-corrected chi connectivity index (χ2v) is 4.77. The summed E-state index contributed by atoms with van der Waals surface area (Å²) in [5.74, 6) is -0.953. The van der Waals surface area contributed by atoms with E-state index in [2.05, 4.69) is 11.4 Å². The highest BCUT2D eigenvalue weighted by Gasteiger charge is 2.09. The maximum Gasteiger partial charge on any atom is 0.284 e. The van der Waals surface area contributed by atoms with E-state index in [9.17, 15) is 8.78 Å². The predicted octanol–water partition coefficient (Wildman–Crippen LogP) is 3.52. The number of hydrogen-bond donors (Lipinski definition) is 1. The Kier molecular flexibility index (Phi) is 6.76. The molecule has 0 aliphatic carbocycles. The van der Waals surface area contributed by atoms with Crippen LogP contribution in [0.3, 0.4) is 0 Å². The van der Waals surface area contributed by atoms with Crippen LogP contribution in [-0.4, -0.2) is 11.8 Å². The molecule has 6 heteroatoms. The molecule has 1 N–H and O–H groups in total. The average Bonchev–Trinajstić information content (AvgIpc) is 2.80. The Bertz CT molecular complexity index is 390. The zero-order chi connectivity index (χ0) is 13.4. The van der Waals surface area contributed by atoms with Gasteiger partial charge >= 0.3 is 0 Å². The van der Waals surface area contributed by atoms with Crippen molar-refractivity contribution in [2.45, 2.75) is 43.9 Å². The van der Waals surface area contributed by atoms with Crippen LogP contribution in [0.1, 0.15) is 31.3 Å². The summed E-state index contributed by atoms with van der Waals surface area (Å²) >= 11 is 0.544. The molecule has 18 heavy (non-hydrogen) atoms. The molecular formula is C12H16F2N2OS. The SMILES string of the molecule is CCC(CC#N)NCc1ccc(CSC(F)F)o1. The summed E-state index contributed by atoms with van der Waals surface area (Å²) in [7, 11) is 0. The lowest BCUT2D eigenvalue weighted by Gasteiger charge is -2.11. The summed E-state index contributed by atoms with van der Waals surface area (Å²) in [5, 5.41) is 11.8. The molecule has 0 bridgehead atoms. The number of nitriles is 1. The zero-order valence-corrected chi connectivity index (χ0v) is 11.0. The summed E-state index contributed by atoms with van der Waals surface area (Å²) < 4.78 is 29.4. The van der Waals surface area contributed by atoms with Crippen LogP contribution >= 0.6 is 11.8 Å². The van der Waals surface area contributed by atoms with E-state index in [4.69, 9.17) is 9.68 Å². The standard InChI is InChI=1S/C12H16F2N2OS/c1-2-9(5-6-15)16-7-10-3-4-11(17-10)8-18-12(13)14/h3-4,9,12,16H,2,5,7-8H2,1H3. The van der Waals surface area contributed by atoms with Gasteiger partial charge in [0.2, 0.25) is 0 Å². The minimum Gasteiger partial charge on any atom is -0.464 e. The Morgan fingerprint density at radius 1 is 1.44 bits per heavy atom. The van der Waals surface area contributed by atoms with Gasteiger partial charge in [-0.3, -0.25) is 0 Å². The predicted molar refractivity (Wildman–Crippen MR) is 67.2 cm³/mol. The molecule has 0 aliphatic rings. The molecule has 1 atom stereocenters. The summed E-state index contributed by atoms with van der Waals surface area (Å²) in [6, 6.07) is 5.73. The molecule has 1 aromatic rings. The molecule has 100 valence electrons. The maximum absolute atomic E-state index is 12.0. The van der Waals surface area contributed by atoms with Crippen molar-refractivity contribution >= 4 is 11.8 Å². The van der Waals surface area contributed by atoms with Crippen LogP contribution < -0.4 is 5.32 Å². The van der Waals surface area contributed by atoms with E-state index in [1.807, 2.05) is 6.92 Å². The summed E-state index contributed by atoms with van der Waals surface area (Å²) in [4.78, 5) is 0. The van der Waals surface area contributed by atoms with Crippen LogP contribution in [0.15, 0.2) is 16.5 Å². The fourth-order valence-electron chi connectivity index (χ4n) is 1.46. The number of nitrogens with one attached hydrogen (secondary N) is 1. The van der Waals surface area contributed by atoms with E-state index in [1.54, 1.807) is 12.1 Å². The Hall–Kier alpha value is -1.06. The van der Waals surface area contributed by atoms with Crippen LogP contribution in [-0.2, 0) is 12.3 Å². The number of furan rings is 1. The Labute approximate surface area is 110 Å². The third kappa shape index (κ3) is 5.52. The molecule has 3 nitrogen and oxygen atoms in total. The molecule has 0 saturated carbocycles. The molecule has 0 aliphatic heterocycles. The molecule has 1 rings (SSSR count). The molecule has 0 radical (unpaired) electrons. The lowest BCUT2D eigenvalue weighted by Crippen LogP contribution is -2.27. The van der Waals surface area contributed by atoms with E-state index >= 15 is 0 Å². The lowest BCUT2D eigenvalue weighted by molar-refractivity contribution is 0.251. The van der Waals surface area contributed by atoms with Gasteiger partial charge in [0.25, 0.3) is 5.76 Å². The number of alkyl halides is 2. The average molecular weight is 274 g/mol. The van der Waals surface area contributed by atoms with Gasteiger partial charge in [0.15, 0.2) is 0 Å². The van der Waals surface area contributed by atoms with Gasteiger partial charge in [0.05, 0.1) is 24.8 Å². The summed E-state index contributed by atoms with van der Waals surface area (Å²) in [6.07, 6.45) is 1.31. The Balaban J connectivity index is 2.37.